The van der Waals surface area contributed by atoms with Gasteiger partial charge in [-0.05, 0) is 122 Å². The molecule has 0 heterocycles. The van der Waals surface area contributed by atoms with Gasteiger partial charge in [-0.3, -0.25) is 0 Å². The van der Waals surface area contributed by atoms with E-state index in [0.29, 0.717) is 11.1 Å². The van der Waals surface area contributed by atoms with Crippen LogP contribution in [0.4, 0.5) is 0 Å². The van der Waals surface area contributed by atoms with Crippen molar-refractivity contribution in [3.63, 3.8) is 0 Å². The molecule has 0 N–H and O–H groups in total. The van der Waals surface area contributed by atoms with Gasteiger partial charge in [-0.25, -0.2) is 13.2 Å². The molecule has 28 heavy (non-hydrogen) atoms. The molecule has 1 saturated carbocycles. The van der Waals surface area contributed by atoms with Gasteiger partial charge in [-0.2, -0.15) is 0 Å². The Bertz CT molecular complexity index is 991. The Hall–Kier alpha value is 0.0100. The monoisotopic (exact) mass is 737 g/mol. The zero-order valence-corrected chi connectivity index (χ0v) is 21.9. The van der Waals surface area contributed by atoms with Gasteiger partial charge in [0.25, 0.3) is 0 Å². The lowest BCUT2D eigenvalue weighted by Crippen LogP contribution is -2.14. The smallest absolute Gasteiger partial charge is 0.345 e. The van der Waals surface area contributed by atoms with Crippen molar-refractivity contribution in [2.75, 3.05) is 0 Å². The Labute approximate surface area is 205 Å². The van der Waals surface area contributed by atoms with Crippen LogP contribution in [0.25, 0.3) is 0 Å². The largest absolute Gasteiger partial charge is 0.744 e. The SMILES string of the molecule is O=C(Oc1ccc(S(=O)(=O)[O-])c(C2CCCCC2)c1)c1c(I)cc(I)cc1I. The van der Waals surface area contributed by atoms with Crippen LogP contribution in [0.3, 0.4) is 0 Å². The minimum absolute atomic E-state index is 0.00953. The first-order valence-corrected chi connectivity index (χ1v) is 13.3. The first kappa shape index (κ1) is 22.7. The maximum Gasteiger partial charge on any atom is 0.345 e. The highest BCUT2D eigenvalue weighted by Gasteiger charge is 2.23. The lowest BCUT2D eigenvalue weighted by molar-refractivity contribution is 0.0732. The van der Waals surface area contributed by atoms with Crippen molar-refractivity contribution in [2.45, 2.75) is 42.9 Å². The molecule has 0 radical (unpaired) electrons. The van der Waals surface area contributed by atoms with Crippen molar-refractivity contribution >= 4 is 83.9 Å². The van der Waals surface area contributed by atoms with Gasteiger partial charge in [-0.15, -0.1) is 0 Å². The number of carbonyl (C=O) groups excluding carboxylic acids is 1. The third-order valence-corrected chi connectivity index (χ3v) is 7.95. The highest BCUT2D eigenvalue weighted by molar-refractivity contribution is 14.1. The second-order valence-corrected chi connectivity index (χ2v) is 11.5. The molecule has 0 atom stereocenters. The molecule has 9 heteroatoms. The van der Waals surface area contributed by atoms with Crippen LogP contribution in [-0.2, 0) is 10.1 Å². The van der Waals surface area contributed by atoms with Crippen LogP contribution in [0.1, 0.15) is 53.9 Å². The molecule has 2 aromatic carbocycles. The molecule has 1 fully saturated rings. The molecule has 0 unspecified atom stereocenters. The molecule has 0 amide bonds. The Balaban J connectivity index is 1.96. The van der Waals surface area contributed by atoms with Crippen molar-refractivity contribution in [1.29, 1.82) is 0 Å². The molecule has 150 valence electrons. The van der Waals surface area contributed by atoms with E-state index in [1.165, 1.54) is 12.1 Å². The maximum atomic E-state index is 12.7. The fourth-order valence-electron chi connectivity index (χ4n) is 3.45. The summed E-state index contributed by atoms with van der Waals surface area (Å²) >= 11 is 6.38. The van der Waals surface area contributed by atoms with Crippen LogP contribution in [0.5, 0.6) is 5.75 Å². The van der Waals surface area contributed by atoms with E-state index in [9.17, 15) is 17.8 Å². The predicted molar refractivity (Wildman–Crippen MR) is 130 cm³/mol. The van der Waals surface area contributed by atoms with Gasteiger partial charge in [0.05, 0.1) is 10.5 Å². The summed E-state index contributed by atoms with van der Waals surface area (Å²) in [5.74, 6) is -0.259. The summed E-state index contributed by atoms with van der Waals surface area (Å²) in [7, 11) is -4.59. The lowest BCUT2D eigenvalue weighted by atomic mass is 9.84. The Morgan fingerprint density at radius 3 is 2.18 bits per heavy atom. The normalized spacial score (nSPS) is 15.4. The van der Waals surface area contributed by atoms with Gasteiger partial charge in [0.2, 0.25) is 0 Å². The van der Waals surface area contributed by atoms with E-state index in [-0.39, 0.29) is 16.6 Å². The fourth-order valence-corrected chi connectivity index (χ4v) is 8.22. The van der Waals surface area contributed by atoms with E-state index in [0.717, 1.165) is 42.8 Å². The number of esters is 1. The molecule has 0 spiro atoms. The molecule has 0 saturated heterocycles. The van der Waals surface area contributed by atoms with E-state index < -0.39 is 16.1 Å². The molecule has 3 rings (SSSR count). The Kier molecular flexibility index (Phi) is 7.64. The zero-order chi connectivity index (χ0) is 20.5. The Morgan fingerprint density at radius 1 is 1.00 bits per heavy atom. The summed E-state index contributed by atoms with van der Waals surface area (Å²) in [5, 5.41) is 0. The van der Waals surface area contributed by atoms with Crippen molar-refractivity contribution in [1.82, 2.24) is 0 Å². The van der Waals surface area contributed by atoms with E-state index in [4.69, 9.17) is 4.74 Å². The molecular weight excluding hydrogens is 721 g/mol. The molecule has 1 aliphatic carbocycles. The van der Waals surface area contributed by atoms with Crippen LogP contribution in [0.2, 0.25) is 0 Å². The molecule has 5 nitrogen and oxygen atoms in total. The summed E-state index contributed by atoms with van der Waals surface area (Å²) < 4.78 is 43.3. The third-order valence-electron chi connectivity index (χ3n) is 4.72. The average molecular weight is 737 g/mol. The van der Waals surface area contributed by atoms with Crippen LogP contribution >= 0.6 is 67.8 Å². The number of rotatable bonds is 4. The van der Waals surface area contributed by atoms with Crippen LogP contribution in [0, 0.1) is 10.7 Å². The summed E-state index contributed by atoms with van der Waals surface area (Å²) in [6, 6.07) is 7.96. The molecular formula is C19H16I3O5S-. The van der Waals surface area contributed by atoms with Gasteiger partial charge >= 0.3 is 5.97 Å². The molecule has 0 aliphatic heterocycles. The molecule has 0 bridgehead atoms. The Morgan fingerprint density at radius 2 is 1.61 bits per heavy atom. The first-order chi connectivity index (χ1) is 13.2. The number of hydrogen-bond acceptors (Lipinski definition) is 5. The van der Waals surface area contributed by atoms with Crippen LogP contribution in [0.15, 0.2) is 35.2 Å². The second-order valence-electron chi connectivity index (χ2n) is 6.62. The summed E-state index contributed by atoms with van der Waals surface area (Å²) in [5.41, 5.74) is 0.938. The molecule has 0 aromatic heterocycles. The predicted octanol–water partition coefficient (Wildman–Crippen LogP) is 5.67. The standard InChI is InChI=1S/C19H17I3O5S/c20-12-8-15(21)18(16(22)9-12)19(23)27-13-6-7-17(28(24,25)26)14(10-13)11-4-2-1-3-5-11/h6-11H,1-5H2,(H,24,25,26)/p-1. The summed E-state index contributed by atoms with van der Waals surface area (Å²) in [4.78, 5) is 12.5. The number of benzene rings is 2. The maximum absolute atomic E-state index is 12.7. The van der Waals surface area contributed by atoms with Gasteiger partial charge in [-0.1, -0.05) is 19.3 Å². The highest BCUT2D eigenvalue weighted by atomic mass is 127. The number of ether oxygens (including phenoxy) is 1. The highest BCUT2D eigenvalue weighted by Crippen LogP contribution is 2.38. The van der Waals surface area contributed by atoms with Gasteiger partial charge in [0.15, 0.2) is 0 Å². The van der Waals surface area contributed by atoms with Crippen LogP contribution < -0.4 is 4.74 Å². The van der Waals surface area contributed by atoms with Crippen molar-refractivity contribution in [3.8, 4) is 5.75 Å². The lowest BCUT2D eigenvalue weighted by Gasteiger charge is -2.25. The topological polar surface area (TPSA) is 83.5 Å². The van der Waals surface area contributed by atoms with Crippen molar-refractivity contribution < 1.29 is 22.5 Å². The first-order valence-electron chi connectivity index (χ1n) is 8.63. The van der Waals surface area contributed by atoms with Crippen molar-refractivity contribution in [2.24, 2.45) is 0 Å². The minimum atomic E-state index is -4.59. The van der Waals surface area contributed by atoms with E-state index in [1.54, 1.807) is 6.07 Å². The van der Waals surface area contributed by atoms with Gasteiger partial charge in [0.1, 0.15) is 15.9 Å². The quantitative estimate of drug-likeness (QED) is 0.175. The molecule has 1 aliphatic rings. The number of halogens is 3. The fraction of sp³-hybridized carbons (Fsp3) is 0.316. The second kappa shape index (κ2) is 9.43. The van der Waals surface area contributed by atoms with Gasteiger partial charge < -0.3 is 9.29 Å². The average Bonchev–Trinajstić information content (AvgIpc) is 2.60. The summed E-state index contributed by atoms with van der Waals surface area (Å²) in [6.07, 6.45) is 4.74. The van der Waals surface area contributed by atoms with Crippen molar-refractivity contribution in [3.05, 3.63) is 52.2 Å². The molecule has 2 aromatic rings. The number of hydrogen-bond donors (Lipinski definition) is 0. The van der Waals surface area contributed by atoms with E-state index in [2.05, 4.69) is 67.8 Å². The van der Waals surface area contributed by atoms with E-state index >= 15 is 0 Å². The summed E-state index contributed by atoms with van der Waals surface area (Å²) in [6.45, 7) is 0. The number of carbonyl (C=O) groups is 1. The van der Waals surface area contributed by atoms with E-state index in [1.807, 2.05) is 12.1 Å². The third kappa shape index (κ3) is 5.38. The van der Waals surface area contributed by atoms with Crippen LogP contribution in [-0.4, -0.2) is 18.9 Å². The van der Waals surface area contributed by atoms with Gasteiger partial charge in [0, 0.05) is 10.7 Å². The zero-order valence-electron chi connectivity index (χ0n) is 14.6. The minimum Gasteiger partial charge on any atom is -0.744 e.